The average Bonchev–Trinajstić information content (AvgIpc) is 3.37. The van der Waals surface area contributed by atoms with Gasteiger partial charge in [-0.2, -0.15) is 0 Å². The second kappa shape index (κ2) is 8.96. The summed E-state index contributed by atoms with van der Waals surface area (Å²) in [7, 11) is 0. The fourth-order valence-electron chi connectivity index (χ4n) is 4.14. The number of hydrogen-bond donors (Lipinski definition) is 1. The van der Waals surface area contributed by atoms with Gasteiger partial charge < -0.3 is 9.84 Å². The van der Waals surface area contributed by atoms with E-state index in [0.717, 1.165) is 10.3 Å². The number of thiazole rings is 1. The molecule has 0 saturated carbocycles. The number of amides is 1. The van der Waals surface area contributed by atoms with Gasteiger partial charge >= 0.3 is 5.91 Å². The normalized spacial score (nSPS) is 17.3. The van der Waals surface area contributed by atoms with Crippen LogP contribution in [0.15, 0.2) is 72.3 Å². The van der Waals surface area contributed by atoms with Crippen LogP contribution in [0, 0.1) is 12.7 Å². The number of benzene rings is 3. The Labute approximate surface area is 204 Å². The number of carbonyl (C=O) groups is 2. The van der Waals surface area contributed by atoms with Gasteiger partial charge in [-0.1, -0.05) is 29.5 Å². The molecule has 5 rings (SSSR count). The maximum Gasteiger partial charge on any atom is 0.301 e. The highest BCUT2D eigenvalue weighted by molar-refractivity contribution is 7.22. The SMILES string of the molecule is CCOc1ccc([C@H]2/C(=C(\O)c3ccc(F)cc3)C(=O)C(=O)N2c2nc3ccc(C)cc3s2)cc1. The molecule has 4 aromatic rings. The Morgan fingerprint density at radius 3 is 2.49 bits per heavy atom. The van der Waals surface area contributed by atoms with Gasteiger partial charge in [0.05, 0.1) is 28.4 Å². The Bertz CT molecular complexity index is 1480. The first-order chi connectivity index (χ1) is 16.9. The van der Waals surface area contributed by atoms with Crippen molar-refractivity contribution in [1.29, 1.82) is 0 Å². The van der Waals surface area contributed by atoms with Gasteiger partial charge in [-0.25, -0.2) is 9.37 Å². The standard InChI is InChI=1S/C27H21FN2O4S/c1-3-34-19-11-7-16(8-12-19)23-22(24(31)17-5-9-18(28)10-6-17)25(32)26(33)30(23)27-29-20-13-4-15(2)14-21(20)35-27/h4-14,23,31H,3H2,1-2H3/b24-22+/t23-/m0/s1. The monoisotopic (exact) mass is 488 g/mol. The highest BCUT2D eigenvalue weighted by Gasteiger charge is 2.48. The second-order valence-electron chi connectivity index (χ2n) is 8.15. The maximum absolute atomic E-state index is 13.5. The van der Waals surface area contributed by atoms with Gasteiger partial charge in [-0.15, -0.1) is 0 Å². The Balaban J connectivity index is 1.70. The molecule has 0 unspecified atom stereocenters. The zero-order valence-electron chi connectivity index (χ0n) is 19.0. The van der Waals surface area contributed by atoms with E-state index < -0.39 is 23.5 Å². The number of carbonyl (C=O) groups excluding carboxylic acids is 2. The van der Waals surface area contributed by atoms with Crippen LogP contribution in [0.4, 0.5) is 9.52 Å². The number of aromatic nitrogens is 1. The summed E-state index contributed by atoms with van der Waals surface area (Å²) in [4.78, 5) is 32.5. The van der Waals surface area contributed by atoms with Crippen LogP contribution in [0.5, 0.6) is 5.75 Å². The largest absolute Gasteiger partial charge is 0.507 e. The lowest BCUT2D eigenvalue weighted by molar-refractivity contribution is -0.132. The van der Waals surface area contributed by atoms with E-state index in [1.165, 1.54) is 40.5 Å². The Kier molecular flexibility index (Phi) is 5.82. The molecule has 2 heterocycles. The van der Waals surface area contributed by atoms with Crippen LogP contribution in [0.25, 0.3) is 16.0 Å². The molecule has 35 heavy (non-hydrogen) atoms. The summed E-state index contributed by atoms with van der Waals surface area (Å²) in [5.41, 5.74) is 2.52. The zero-order valence-corrected chi connectivity index (χ0v) is 19.8. The minimum Gasteiger partial charge on any atom is -0.507 e. The quantitative estimate of drug-likeness (QED) is 0.219. The number of aliphatic hydroxyl groups excluding tert-OH is 1. The average molecular weight is 489 g/mol. The Morgan fingerprint density at radius 2 is 1.80 bits per heavy atom. The second-order valence-corrected chi connectivity index (χ2v) is 9.15. The smallest absolute Gasteiger partial charge is 0.301 e. The van der Waals surface area contributed by atoms with Gasteiger partial charge in [0.2, 0.25) is 0 Å². The first-order valence-corrected chi connectivity index (χ1v) is 11.9. The predicted octanol–water partition coefficient (Wildman–Crippen LogP) is 5.77. The number of aryl methyl sites for hydroxylation is 1. The van der Waals surface area contributed by atoms with E-state index in [9.17, 15) is 19.1 Å². The molecule has 1 aliphatic heterocycles. The van der Waals surface area contributed by atoms with Crippen molar-refractivity contribution < 1.29 is 23.8 Å². The van der Waals surface area contributed by atoms with Crippen molar-refractivity contribution in [2.45, 2.75) is 19.9 Å². The van der Waals surface area contributed by atoms with Crippen LogP contribution in [-0.2, 0) is 9.59 Å². The molecule has 1 saturated heterocycles. The highest BCUT2D eigenvalue weighted by Crippen LogP contribution is 2.44. The summed E-state index contributed by atoms with van der Waals surface area (Å²) in [5.74, 6) is -1.83. The molecule has 1 atom stereocenters. The molecular weight excluding hydrogens is 467 g/mol. The number of ether oxygens (including phenoxy) is 1. The summed E-state index contributed by atoms with van der Waals surface area (Å²) in [5, 5.41) is 11.5. The number of hydrogen-bond acceptors (Lipinski definition) is 6. The van der Waals surface area contributed by atoms with E-state index in [1.807, 2.05) is 32.0 Å². The van der Waals surface area contributed by atoms with Crippen LogP contribution >= 0.6 is 11.3 Å². The molecule has 1 N–H and O–H groups in total. The Hall–Kier alpha value is -4.04. The van der Waals surface area contributed by atoms with Crippen molar-refractivity contribution in [1.82, 2.24) is 4.98 Å². The van der Waals surface area contributed by atoms with Gasteiger partial charge in [-0.05, 0) is 73.5 Å². The van der Waals surface area contributed by atoms with Crippen molar-refractivity contribution in [3.63, 3.8) is 0 Å². The van der Waals surface area contributed by atoms with Crippen LogP contribution in [0.2, 0.25) is 0 Å². The topological polar surface area (TPSA) is 79.7 Å². The first-order valence-electron chi connectivity index (χ1n) is 11.0. The number of aliphatic hydroxyl groups is 1. The molecule has 1 aromatic heterocycles. The van der Waals surface area contributed by atoms with E-state index in [2.05, 4.69) is 4.98 Å². The first kappa shape index (κ1) is 22.7. The molecule has 0 bridgehead atoms. The van der Waals surface area contributed by atoms with Gasteiger partial charge in [0.25, 0.3) is 5.78 Å². The van der Waals surface area contributed by atoms with Crippen molar-refractivity contribution >= 4 is 44.1 Å². The van der Waals surface area contributed by atoms with E-state index in [1.54, 1.807) is 24.3 Å². The van der Waals surface area contributed by atoms with Crippen LogP contribution in [0.1, 0.15) is 29.7 Å². The molecular formula is C27H21FN2O4S. The molecule has 6 nitrogen and oxygen atoms in total. The number of rotatable bonds is 5. The fraction of sp³-hybridized carbons (Fsp3) is 0.148. The number of halogens is 1. The third kappa shape index (κ3) is 4.06. The molecule has 0 spiro atoms. The van der Waals surface area contributed by atoms with Crippen LogP contribution in [-0.4, -0.2) is 28.4 Å². The molecule has 1 fully saturated rings. The van der Waals surface area contributed by atoms with Crippen molar-refractivity contribution in [3.8, 4) is 5.75 Å². The minimum atomic E-state index is -0.919. The van der Waals surface area contributed by atoms with Crippen molar-refractivity contribution in [2.75, 3.05) is 11.5 Å². The summed E-state index contributed by atoms with van der Waals surface area (Å²) >= 11 is 1.30. The molecule has 176 valence electrons. The number of nitrogens with zero attached hydrogens (tertiary/aromatic N) is 2. The summed E-state index contributed by atoms with van der Waals surface area (Å²) in [6.07, 6.45) is 0. The molecule has 3 aromatic carbocycles. The van der Waals surface area contributed by atoms with Gasteiger partial charge in [0, 0.05) is 5.56 Å². The lowest BCUT2D eigenvalue weighted by Gasteiger charge is -2.23. The molecule has 0 radical (unpaired) electrons. The summed E-state index contributed by atoms with van der Waals surface area (Å²) in [6, 6.07) is 17.0. The lowest BCUT2D eigenvalue weighted by atomic mass is 9.95. The maximum atomic E-state index is 13.5. The minimum absolute atomic E-state index is 0.0822. The number of Topliss-reactive ketones (excluding diaryl/α,β-unsaturated/α-hetero) is 1. The summed E-state index contributed by atoms with van der Waals surface area (Å²) < 4.78 is 19.9. The van der Waals surface area contributed by atoms with E-state index >= 15 is 0 Å². The van der Waals surface area contributed by atoms with Gasteiger partial charge in [-0.3, -0.25) is 14.5 Å². The number of fused-ring (bicyclic) bond motifs is 1. The third-order valence-electron chi connectivity index (χ3n) is 5.81. The fourth-order valence-corrected chi connectivity index (χ4v) is 5.23. The van der Waals surface area contributed by atoms with E-state index in [4.69, 9.17) is 4.74 Å². The van der Waals surface area contributed by atoms with Crippen LogP contribution < -0.4 is 9.64 Å². The number of ketones is 1. The predicted molar refractivity (Wildman–Crippen MR) is 133 cm³/mol. The molecule has 1 amide bonds. The van der Waals surface area contributed by atoms with E-state index in [0.29, 0.717) is 28.6 Å². The molecule has 0 aliphatic carbocycles. The zero-order chi connectivity index (χ0) is 24.7. The van der Waals surface area contributed by atoms with Gasteiger partial charge in [0.1, 0.15) is 17.3 Å². The molecule has 1 aliphatic rings. The highest BCUT2D eigenvalue weighted by atomic mass is 32.1. The Morgan fingerprint density at radius 1 is 1.09 bits per heavy atom. The van der Waals surface area contributed by atoms with Crippen molar-refractivity contribution in [2.24, 2.45) is 0 Å². The lowest BCUT2D eigenvalue weighted by Crippen LogP contribution is -2.29. The summed E-state index contributed by atoms with van der Waals surface area (Å²) in [6.45, 7) is 4.33. The van der Waals surface area contributed by atoms with Crippen molar-refractivity contribution in [3.05, 3.63) is 94.8 Å². The third-order valence-corrected chi connectivity index (χ3v) is 6.83. The molecule has 8 heteroatoms. The van der Waals surface area contributed by atoms with Gasteiger partial charge in [0.15, 0.2) is 5.13 Å². The number of anilines is 1. The van der Waals surface area contributed by atoms with E-state index in [-0.39, 0.29) is 16.9 Å². The van der Waals surface area contributed by atoms with Crippen LogP contribution in [0.3, 0.4) is 0 Å².